The highest BCUT2D eigenvalue weighted by molar-refractivity contribution is 7.91. The molecule has 9 heteroatoms. The highest BCUT2D eigenvalue weighted by atomic mass is 35.5. The van der Waals surface area contributed by atoms with Gasteiger partial charge >= 0.3 is 0 Å². The first kappa shape index (κ1) is 22.0. The molecule has 0 bridgehead atoms. The van der Waals surface area contributed by atoms with Crippen LogP contribution in [0, 0.1) is 17.3 Å². The zero-order chi connectivity index (χ0) is 22.8. The molecule has 6 rings (SSSR count). The van der Waals surface area contributed by atoms with Crippen LogP contribution in [0.5, 0.6) is 0 Å². The first-order chi connectivity index (χ1) is 15.8. The molecule has 2 N–H and O–H groups in total. The second-order valence-corrected chi connectivity index (χ2v) is 13.7. The van der Waals surface area contributed by atoms with E-state index in [1.807, 2.05) is 6.07 Å². The highest BCUT2D eigenvalue weighted by Crippen LogP contribution is 2.70. The number of likely N-dealkylation sites (tertiary alicyclic amines) is 1. The van der Waals surface area contributed by atoms with Crippen molar-refractivity contribution in [3.63, 3.8) is 0 Å². The largest absolute Gasteiger partial charge is 0.325 e. The van der Waals surface area contributed by atoms with Crippen molar-refractivity contribution in [1.82, 2.24) is 9.62 Å². The minimum absolute atomic E-state index is 0.000687. The number of rotatable bonds is 6. The van der Waals surface area contributed by atoms with E-state index in [0.29, 0.717) is 22.7 Å². The minimum Gasteiger partial charge on any atom is -0.325 e. The fourth-order valence-electron chi connectivity index (χ4n) is 6.73. The Labute approximate surface area is 203 Å². The summed E-state index contributed by atoms with van der Waals surface area (Å²) >= 11 is 7.07. The van der Waals surface area contributed by atoms with Crippen LogP contribution in [0.3, 0.4) is 0 Å². The van der Waals surface area contributed by atoms with Gasteiger partial charge in [0.2, 0.25) is 15.9 Å². The zero-order valence-electron chi connectivity index (χ0n) is 18.3. The zero-order valence-corrected chi connectivity index (χ0v) is 20.7. The monoisotopic (exact) mass is 505 g/mol. The number of nitrogens with zero attached hydrogens (tertiary/aromatic N) is 1. The topological polar surface area (TPSA) is 78.5 Å². The number of amides is 1. The molecule has 1 aromatic heterocycles. The van der Waals surface area contributed by atoms with E-state index in [4.69, 9.17) is 11.6 Å². The summed E-state index contributed by atoms with van der Waals surface area (Å²) in [5.74, 6) is 0.925. The Morgan fingerprint density at radius 2 is 1.97 bits per heavy atom. The second-order valence-electron chi connectivity index (χ2n) is 10.0. The molecule has 33 heavy (non-hydrogen) atoms. The van der Waals surface area contributed by atoms with Crippen LogP contribution in [0.25, 0.3) is 0 Å². The van der Waals surface area contributed by atoms with E-state index in [0.717, 1.165) is 55.8 Å². The summed E-state index contributed by atoms with van der Waals surface area (Å²) in [6, 6.07) is 9.46. The summed E-state index contributed by atoms with van der Waals surface area (Å²) in [5, 5.41) is 3.07. The third-order valence-corrected chi connectivity index (χ3v) is 11.4. The fraction of sp³-hybridized carbons (Fsp3) is 0.542. The summed E-state index contributed by atoms with van der Waals surface area (Å²) in [4.78, 5) is 14.7. The van der Waals surface area contributed by atoms with Gasteiger partial charge in [-0.1, -0.05) is 17.7 Å². The third-order valence-electron chi connectivity index (χ3n) is 8.26. The second kappa shape index (κ2) is 8.05. The molecule has 3 fully saturated rings. The number of sulfonamides is 1. The van der Waals surface area contributed by atoms with Crippen LogP contribution in [0.1, 0.15) is 36.8 Å². The smallest absolute Gasteiger partial charge is 0.250 e. The van der Waals surface area contributed by atoms with Crippen LogP contribution in [0.2, 0.25) is 4.34 Å². The summed E-state index contributed by atoms with van der Waals surface area (Å²) in [6.07, 6.45) is 6.41. The average molecular weight is 506 g/mol. The number of anilines is 1. The Hall–Kier alpha value is -1.45. The van der Waals surface area contributed by atoms with Crippen molar-refractivity contribution in [2.24, 2.45) is 17.3 Å². The van der Waals surface area contributed by atoms with Gasteiger partial charge in [-0.15, -0.1) is 11.3 Å². The Morgan fingerprint density at radius 3 is 2.73 bits per heavy atom. The average Bonchev–Trinajstić information content (AvgIpc) is 3.29. The molecular weight excluding hydrogens is 478 g/mol. The molecule has 1 aliphatic heterocycles. The van der Waals surface area contributed by atoms with E-state index in [9.17, 15) is 13.2 Å². The van der Waals surface area contributed by atoms with Crippen molar-refractivity contribution in [3.8, 4) is 0 Å². The molecule has 2 heterocycles. The Balaban J connectivity index is 1.18. The van der Waals surface area contributed by atoms with Gasteiger partial charge in [-0.3, -0.25) is 9.69 Å². The molecule has 1 spiro atoms. The Kier molecular flexibility index (Phi) is 5.38. The molecule has 4 atom stereocenters. The molecule has 1 saturated heterocycles. The predicted molar refractivity (Wildman–Crippen MR) is 130 cm³/mol. The molecule has 4 unspecified atom stereocenters. The molecule has 4 aliphatic rings. The summed E-state index contributed by atoms with van der Waals surface area (Å²) < 4.78 is 29.7. The van der Waals surface area contributed by atoms with Gasteiger partial charge in [0.25, 0.3) is 0 Å². The maximum atomic E-state index is 13.0. The number of thiophene rings is 1. The van der Waals surface area contributed by atoms with Gasteiger partial charge in [-0.25, -0.2) is 13.1 Å². The third kappa shape index (κ3) is 3.84. The van der Waals surface area contributed by atoms with E-state index < -0.39 is 10.0 Å². The maximum Gasteiger partial charge on any atom is 0.250 e. The lowest BCUT2D eigenvalue weighted by atomic mass is 9.73. The van der Waals surface area contributed by atoms with Crippen molar-refractivity contribution in [2.75, 3.05) is 25.0 Å². The van der Waals surface area contributed by atoms with Gasteiger partial charge in [0.1, 0.15) is 4.21 Å². The van der Waals surface area contributed by atoms with Gasteiger partial charge in [0.15, 0.2) is 0 Å². The predicted octanol–water partition coefficient (Wildman–Crippen LogP) is 3.91. The van der Waals surface area contributed by atoms with Crippen molar-refractivity contribution in [3.05, 3.63) is 45.8 Å². The van der Waals surface area contributed by atoms with Gasteiger partial charge in [-0.05, 0) is 104 Å². The SMILES string of the molecule is O=C(CN1CCCC1)Nc1ccc2c(c1)CC13C(CCC1C3NS(=O)(=O)c1ccc(Cl)s1)C2. The first-order valence-electron chi connectivity index (χ1n) is 11.8. The quantitative estimate of drug-likeness (QED) is 0.624. The van der Waals surface area contributed by atoms with Crippen molar-refractivity contribution in [2.45, 2.75) is 48.8 Å². The number of benzene rings is 1. The lowest BCUT2D eigenvalue weighted by molar-refractivity contribution is -0.117. The van der Waals surface area contributed by atoms with Crippen LogP contribution < -0.4 is 10.0 Å². The van der Waals surface area contributed by atoms with Crippen LogP contribution in [0.15, 0.2) is 34.5 Å². The van der Waals surface area contributed by atoms with Crippen molar-refractivity contribution < 1.29 is 13.2 Å². The number of halogens is 1. The van der Waals surface area contributed by atoms with Crippen molar-refractivity contribution in [1.29, 1.82) is 0 Å². The lowest BCUT2D eigenvalue weighted by Crippen LogP contribution is -2.36. The van der Waals surface area contributed by atoms with E-state index in [2.05, 4.69) is 27.1 Å². The molecule has 6 nitrogen and oxygen atoms in total. The van der Waals surface area contributed by atoms with E-state index in [1.54, 1.807) is 12.1 Å². The Bertz CT molecular complexity index is 1210. The molecular formula is C24H28ClN3O3S2. The lowest BCUT2D eigenvalue weighted by Gasteiger charge is -2.33. The number of fused-ring (bicyclic) bond motifs is 1. The molecule has 3 aliphatic carbocycles. The molecule has 1 amide bonds. The molecule has 2 aromatic rings. The van der Waals surface area contributed by atoms with E-state index in [1.165, 1.54) is 24.0 Å². The highest BCUT2D eigenvalue weighted by Gasteiger charge is 2.72. The van der Waals surface area contributed by atoms with Crippen molar-refractivity contribution >= 4 is 44.6 Å². The normalized spacial score (nSPS) is 30.5. The van der Waals surface area contributed by atoms with E-state index in [-0.39, 0.29) is 21.6 Å². The number of carbonyl (C=O) groups excluding carboxylic acids is 1. The minimum atomic E-state index is -3.56. The summed E-state index contributed by atoms with van der Waals surface area (Å²) in [7, 11) is -3.56. The summed E-state index contributed by atoms with van der Waals surface area (Å²) in [6.45, 7) is 2.44. The van der Waals surface area contributed by atoms with Gasteiger partial charge in [-0.2, -0.15) is 0 Å². The first-order valence-corrected chi connectivity index (χ1v) is 14.4. The van der Waals surface area contributed by atoms with E-state index >= 15 is 0 Å². The van der Waals surface area contributed by atoms with Gasteiger partial charge < -0.3 is 5.32 Å². The molecule has 2 saturated carbocycles. The number of carbonyl (C=O) groups is 1. The maximum absolute atomic E-state index is 13.0. The van der Waals surface area contributed by atoms with Crippen LogP contribution in [0.4, 0.5) is 5.69 Å². The van der Waals surface area contributed by atoms with Crippen LogP contribution >= 0.6 is 22.9 Å². The number of hydrogen-bond donors (Lipinski definition) is 2. The Morgan fingerprint density at radius 1 is 1.15 bits per heavy atom. The molecule has 176 valence electrons. The number of hydrogen-bond acceptors (Lipinski definition) is 5. The fourth-order valence-corrected chi connectivity index (χ4v) is 9.57. The standard InChI is InChI=1S/C24H28ClN3O3S2/c25-20-7-8-22(32-20)33(30,31)27-23-19-6-4-17-11-15-3-5-18(12-16(15)13-24(17,19)23)26-21(29)14-28-9-1-2-10-28/h3,5,7-8,12,17,19,23,27H,1-2,4,6,9-11,13-14H2,(H,26,29). The van der Waals surface area contributed by atoms with Gasteiger partial charge in [0, 0.05) is 11.7 Å². The van der Waals surface area contributed by atoms with Gasteiger partial charge in [0.05, 0.1) is 10.9 Å². The van der Waals surface area contributed by atoms with Crippen LogP contribution in [-0.2, 0) is 27.7 Å². The molecule has 1 aromatic carbocycles. The number of nitrogens with one attached hydrogen (secondary N) is 2. The molecule has 0 radical (unpaired) electrons. The van der Waals surface area contributed by atoms with Crippen LogP contribution in [-0.4, -0.2) is 44.9 Å². The summed E-state index contributed by atoms with van der Waals surface area (Å²) in [5.41, 5.74) is 3.42.